The van der Waals surface area contributed by atoms with Gasteiger partial charge in [-0.2, -0.15) is 0 Å². The molecule has 0 saturated heterocycles. The summed E-state index contributed by atoms with van der Waals surface area (Å²) < 4.78 is 10.5. The molecule has 0 spiro atoms. The van der Waals surface area contributed by atoms with Gasteiger partial charge in [0, 0.05) is 12.6 Å². The first-order valence-corrected chi connectivity index (χ1v) is 8.10. The number of amides is 2. The van der Waals surface area contributed by atoms with Crippen molar-refractivity contribution in [3.8, 4) is 11.5 Å². The van der Waals surface area contributed by atoms with Gasteiger partial charge in [-0.25, -0.2) is 0 Å². The molecular weight excluding hydrogens is 296 g/mol. The molecule has 1 fully saturated rings. The van der Waals surface area contributed by atoms with Gasteiger partial charge < -0.3 is 20.1 Å². The van der Waals surface area contributed by atoms with E-state index < -0.39 is 11.8 Å². The van der Waals surface area contributed by atoms with Crippen molar-refractivity contribution in [2.24, 2.45) is 5.92 Å². The predicted octanol–water partition coefficient (Wildman–Crippen LogP) is 1.73. The van der Waals surface area contributed by atoms with Crippen molar-refractivity contribution < 1.29 is 19.1 Å². The van der Waals surface area contributed by atoms with Gasteiger partial charge in [0.2, 0.25) is 6.79 Å². The van der Waals surface area contributed by atoms with Gasteiger partial charge in [0.1, 0.15) is 0 Å². The minimum atomic E-state index is -0.597. The number of carbonyl (C=O) groups is 2. The van der Waals surface area contributed by atoms with Crippen molar-refractivity contribution in [2.45, 2.75) is 45.2 Å². The Hall–Kier alpha value is -2.24. The number of benzene rings is 1. The lowest BCUT2D eigenvalue weighted by Gasteiger charge is -2.29. The molecule has 1 aromatic rings. The van der Waals surface area contributed by atoms with Crippen LogP contribution in [-0.4, -0.2) is 24.6 Å². The fraction of sp³-hybridized carbons (Fsp3) is 0.529. The van der Waals surface area contributed by atoms with Crippen molar-refractivity contribution in [1.82, 2.24) is 10.6 Å². The molecule has 0 aromatic heterocycles. The van der Waals surface area contributed by atoms with Gasteiger partial charge in [0.15, 0.2) is 11.5 Å². The molecule has 6 heteroatoms. The van der Waals surface area contributed by atoms with Gasteiger partial charge in [-0.3, -0.25) is 9.59 Å². The van der Waals surface area contributed by atoms with Crippen LogP contribution in [0.15, 0.2) is 18.2 Å². The first kappa shape index (κ1) is 15.6. The molecule has 6 nitrogen and oxygen atoms in total. The molecule has 1 heterocycles. The van der Waals surface area contributed by atoms with Crippen molar-refractivity contribution in [3.05, 3.63) is 23.8 Å². The SMILES string of the molecule is C[C@H]1CCCC[C@H]1NC(=O)C(=O)NCc1ccc2c(c1)OCO2. The second-order valence-corrected chi connectivity index (χ2v) is 6.21. The Morgan fingerprint density at radius 1 is 1.13 bits per heavy atom. The first-order chi connectivity index (χ1) is 11.1. The molecule has 0 radical (unpaired) electrons. The number of hydrogen-bond donors (Lipinski definition) is 2. The zero-order chi connectivity index (χ0) is 16.2. The number of nitrogens with one attached hydrogen (secondary N) is 2. The van der Waals surface area contributed by atoms with E-state index in [0.29, 0.717) is 17.4 Å². The lowest BCUT2D eigenvalue weighted by Crippen LogP contribution is -2.47. The second-order valence-electron chi connectivity index (χ2n) is 6.21. The molecule has 1 saturated carbocycles. The average Bonchev–Trinajstić information content (AvgIpc) is 3.02. The van der Waals surface area contributed by atoms with Crippen molar-refractivity contribution in [2.75, 3.05) is 6.79 Å². The molecule has 1 aliphatic heterocycles. The molecule has 0 unspecified atom stereocenters. The topological polar surface area (TPSA) is 76.7 Å². The molecule has 1 aliphatic carbocycles. The minimum absolute atomic E-state index is 0.104. The van der Waals surface area contributed by atoms with Crippen LogP contribution in [0.1, 0.15) is 38.2 Å². The number of carbonyl (C=O) groups excluding carboxylic acids is 2. The van der Waals surface area contributed by atoms with Crippen LogP contribution >= 0.6 is 0 Å². The predicted molar refractivity (Wildman–Crippen MR) is 84.0 cm³/mol. The normalized spacial score (nSPS) is 22.5. The number of rotatable bonds is 3. The summed E-state index contributed by atoms with van der Waals surface area (Å²) in [6, 6.07) is 5.55. The van der Waals surface area contributed by atoms with Crippen LogP contribution in [0.2, 0.25) is 0 Å². The van der Waals surface area contributed by atoms with E-state index in [2.05, 4.69) is 17.6 Å². The summed E-state index contributed by atoms with van der Waals surface area (Å²) in [4.78, 5) is 23.9. The van der Waals surface area contributed by atoms with Crippen LogP contribution in [0, 0.1) is 5.92 Å². The smallest absolute Gasteiger partial charge is 0.309 e. The number of ether oxygens (including phenoxy) is 2. The molecule has 2 amide bonds. The Balaban J connectivity index is 1.49. The van der Waals surface area contributed by atoms with Gasteiger partial charge >= 0.3 is 11.8 Å². The Labute approximate surface area is 135 Å². The quantitative estimate of drug-likeness (QED) is 0.832. The largest absolute Gasteiger partial charge is 0.454 e. The molecule has 2 aliphatic rings. The van der Waals surface area contributed by atoms with Crippen LogP contribution in [0.3, 0.4) is 0 Å². The summed E-state index contributed by atoms with van der Waals surface area (Å²) in [5.74, 6) is 0.639. The number of hydrogen-bond acceptors (Lipinski definition) is 4. The highest BCUT2D eigenvalue weighted by molar-refractivity contribution is 6.35. The first-order valence-electron chi connectivity index (χ1n) is 8.10. The van der Waals surface area contributed by atoms with Gasteiger partial charge in [-0.15, -0.1) is 0 Å². The van der Waals surface area contributed by atoms with Gasteiger partial charge in [-0.1, -0.05) is 25.8 Å². The third kappa shape index (κ3) is 3.75. The lowest BCUT2D eigenvalue weighted by atomic mass is 9.86. The maximum absolute atomic E-state index is 12.0. The summed E-state index contributed by atoms with van der Waals surface area (Å²) in [5, 5.41) is 5.50. The van der Waals surface area contributed by atoms with E-state index in [0.717, 1.165) is 24.8 Å². The van der Waals surface area contributed by atoms with E-state index >= 15 is 0 Å². The maximum atomic E-state index is 12.0. The van der Waals surface area contributed by atoms with Crippen molar-refractivity contribution >= 4 is 11.8 Å². The second kappa shape index (κ2) is 6.89. The Morgan fingerprint density at radius 3 is 2.74 bits per heavy atom. The summed E-state index contributed by atoms with van der Waals surface area (Å²) in [6.07, 6.45) is 4.35. The molecule has 0 bridgehead atoms. The van der Waals surface area contributed by atoms with Crippen LogP contribution in [0.4, 0.5) is 0 Å². The van der Waals surface area contributed by atoms with Crippen molar-refractivity contribution in [3.63, 3.8) is 0 Å². The van der Waals surface area contributed by atoms with Crippen LogP contribution in [0.25, 0.3) is 0 Å². The highest BCUT2D eigenvalue weighted by Crippen LogP contribution is 2.32. The van der Waals surface area contributed by atoms with E-state index in [-0.39, 0.29) is 19.4 Å². The summed E-state index contributed by atoms with van der Waals surface area (Å²) in [5.41, 5.74) is 0.862. The van der Waals surface area contributed by atoms with Crippen molar-refractivity contribution in [1.29, 1.82) is 0 Å². The van der Waals surface area contributed by atoms with Crippen LogP contribution < -0.4 is 20.1 Å². The molecule has 124 valence electrons. The summed E-state index contributed by atoms with van der Waals surface area (Å²) in [7, 11) is 0. The highest BCUT2D eigenvalue weighted by Gasteiger charge is 2.25. The third-order valence-corrected chi connectivity index (χ3v) is 4.52. The molecule has 3 rings (SSSR count). The van der Waals surface area contributed by atoms with E-state index in [1.165, 1.54) is 6.42 Å². The monoisotopic (exact) mass is 318 g/mol. The highest BCUT2D eigenvalue weighted by atomic mass is 16.7. The molecule has 23 heavy (non-hydrogen) atoms. The van der Waals surface area contributed by atoms with Crippen LogP contribution in [0.5, 0.6) is 11.5 Å². The number of fused-ring (bicyclic) bond motifs is 1. The standard InChI is InChI=1S/C17H22N2O4/c1-11-4-2-3-5-13(11)19-17(21)16(20)18-9-12-6-7-14-15(8-12)23-10-22-14/h6-8,11,13H,2-5,9-10H2,1H3,(H,18,20)(H,19,21)/t11-,13+/m0/s1. The fourth-order valence-electron chi connectivity index (χ4n) is 3.08. The van der Waals surface area contributed by atoms with E-state index in [1.807, 2.05) is 12.1 Å². The lowest BCUT2D eigenvalue weighted by molar-refractivity contribution is -0.140. The van der Waals surface area contributed by atoms with E-state index in [4.69, 9.17) is 9.47 Å². The molecule has 2 atom stereocenters. The van der Waals surface area contributed by atoms with Crippen LogP contribution in [-0.2, 0) is 16.1 Å². The fourth-order valence-corrected chi connectivity index (χ4v) is 3.08. The summed E-state index contributed by atoms with van der Waals surface area (Å²) in [6.45, 7) is 2.62. The zero-order valence-corrected chi connectivity index (χ0v) is 13.3. The van der Waals surface area contributed by atoms with Gasteiger partial charge in [0.05, 0.1) is 0 Å². The molecule has 1 aromatic carbocycles. The molecular formula is C17H22N2O4. The Kier molecular flexibility index (Phi) is 4.69. The maximum Gasteiger partial charge on any atom is 0.309 e. The van der Waals surface area contributed by atoms with Gasteiger partial charge in [0.25, 0.3) is 0 Å². The Morgan fingerprint density at radius 2 is 1.91 bits per heavy atom. The zero-order valence-electron chi connectivity index (χ0n) is 13.3. The third-order valence-electron chi connectivity index (χ3n) is 4.52. The van der Waals surface area contributed by atoms with E-state index in [1.54, 1.807) is 6.07 Å². The Bertz CT molecular complexity index is 602. The average molecular weight is 318 g/mol. The van der Waals surface area contributed by atoms with Gasteiger partial charge in [-0.05, 0) is 36.5 Å². The molecule has 2 N–H and O–H groups in total. The summed E-state index contributed by atoms with van der Waals surface area (Å²) >= 11 is 0. The van der Waals surface area contributed by atoms with E-state index in [9.17, 15) is 9.59 Å². The minimum Gasteiger partial charge on any atom is -0.454 e.